The molecule has 2 aliphatic rings. The summed E-state index contributed by atoms with van der Waals surface area (Å²) >= 11 is 6.22. The fourth-order valence-corrected chi connectivity index (χ4v) is 5.87. The van der Waals surface area contributed by atoms with E-state index in [-0.39, 0.29) is 23.8 Å². The predicted molar refractivity (Wildman–Crippen MR) is 139 cm³/mol. The molecule has 0 saturated carbocycles. The van der Waals surface area contributed by atoms with E-state index in [0.717, 1.165) is 0 Å². The van der Waals surface area contributed by atoms with Crippen molar-refractivity contribution < 1.29 is 27.5 Å². The lowest BCUT2D eigenvalue weighted by Crippen LogP contribution is -2.56. The number of rotatable bonds is 4. The van der Waals surface area contributed by atoms with Crippen LogP contribution >= 0.6 is 11.6 Å². The maximum Gasteiger partial charge on any atom is 0.238 e. The molecule has 1 fully saturated rings. The van der Waals surface area contributed by atoms with Gasteiger partial charge in [-0.2, -0.15) is 0 Å². The summed E-state index contributed by atoms with van der Waals surface area (Å²) in [5, 5.41) is 6.22. The van der Waals surface area contributed by atoms with Crippen LogP contribution in [0.5, 0.6) is 11.5 Å². The zero-order valence-electron chi connectivity index (χ0n) is 20.2. The summed E-state index contributed by atoms with van der Waals surface area (Å²) in [6.07, 6.45) is -0.0877. The Morgan fingerprint density at radius 2 is 1.64 bits per heavy atom. The van der Waals surface area contributed by atoms with Gasteiger partial charge in [-0.3, -0.25) is 9.59 Å². The highest BCUT2D eigenvalue weighted by molar-refractivity contribution is 6.31. The van der Waals surface area contributed by atoms with Gasteiger partial charge in [0.1, 0.15) is 22.8 Å². The monoisotopic (exact) mass is 548 g/mol. The van der Waals surface area contributed by atoms with E-state index in [9.17, 15) is 22.8 Å². The molecule has 9 heteroatoms. The van der Waals surface area contributed by atoms with Gasteiger partial charge < -0.3 is 15.4 Å². The molecule has 0 radical (unpaired) electrons. The summed E-state index contributed by atoms with van der Waals surface area (Å²) in [5.41, 5.74) is 0.479. The van der Waals surface area contributed by atoms with E-state index in [0.29, 0.717) is 27.4 Å². The van der Waals surface area contributed by atoms with Crippen LogP contribution < -0.4 is 15.4 Å². The van der Waals surface area contributed by atoms with Gasteiger partial charge in [0.2, 0.25) is 11.8 Å². The first kappa shape index (κ1) is 25.0. The Morgan fingerprint density at radius 3 is 2.41 bits per heavy atom. The van der Waals surface area contributed by atoms with Crippen LogP contribution in [-0.4, -0.2) is 11.8 Å². The average molecular weight is 549 g/mol. The number of anilines is 1. The third-order valence-electron chi connectivity index (χ3n) is 7.33. The van der Waals surface area contributed by atoms with Crippen molar-refractivity contribution in [3.05, 3.63) is 124 Å². The topological polar surface area (TPSA) is 67.4 Å². The number of fused-ring (bicyclic) bond motifs is 2. The van der Waals surface area contributed by atoms with Gasteiger partial charge in [-0.15, -0.1) is 0 Å². The summed E-state index contributed by atoms with van der Waals surface area (Å²) in [5.74, 6) is -3.18. The van der Waals surface area contributed by atoms with Gasteiger partial charge in [0.05, 0.1) is 6.04 Å². The van der Waals surface area contributed by atoms with E-state index in [1.54, 1.807) is 24.3 Å². The minimum Gasteiger partial charge on any atom is -0.454 e. The summed E-state index contributed by atoms with van der Waals surface area (Å²) in [6, 6.07) is 18.9. The lowest BCUT2D eigenvalue weighted by Gasteiger charge is -2.46. The SMILES string of the molecule is O=C1C[C@@H](c2cccc(F)c2)[C@]2(C(=O)Nc3cc(Cl)ccc32)[C@@H](c2ccc(F)c(Oc3ccc(F)cc3)c2)N1. The number of amides is 2. The van der Waals surface area contributed by atoms with Gasteiger partial charge in [-0.1, -0.05) is 35.9 Å². The van der Waals surface area contributed by atoms with E-state index in [2.05, 4.69) is 10.6 Å². The van der Waals surface area contributed by atoms with Crippen LogP contribution in [-0.2, 0) is 15.0 Å². The molecule has 4 aromatic rings. The molecular weight excluding hydrogens is 529 g/mol. The lowest BCUT2D eigenvalue weighted by atomic mass is 9.59. The first-order valence-electron chi connectivity index (χ1n) is 12.1. The molecular formula is C30H20ClF3N2O3. The predicted octanol–water partition coefficient (Wildman–Crippen LogP) is 6.78. The van der Waals surface area contributed by atoms with Crippen LogP contribution in [0.3, 0.4) is 0 Å². The summed E-state index contributed by atoms with van der Waals surface area (Å²) in [6.45, 7) is 0. The maximum atomic E-state index is 14.9. The van der Waals surface area contributed by atoms with E-state index in [4.69, 9.17) is 16.3 Å². The Labute approximate surface area is 226 Å². The highest BCUT2D eigenvalue weighted by Crippen LogP contribution is 2.57. The van der Waals surface area contributed by atoms with Gasteiger partial charge in [0.25, 0.3) is 0 Å². The van der Waals surface area contributed by atoms with Crippen LogP contribution in [0.15, 0.2) is 84.9 Å². The lowest BCUT2D eigenvalue weighted by molar-refractivity contribution is -0.131. The van der Waals surface area contributed by atoms with Crippen molar-refractivity contribution in [2.75, 3.05) is 5.32 Å². The Morgan fingerprint density at radius 1 is 0.846 bits per heavy atom. The fourth-order valence-electron chi connectivity index (χ4n) is 5.70. The number of carbonyl (C=O) groups excluding carboxylic acids is 2. The Kier molecular flexibility index (Phi) is 6.07. The molecule has 2 aliphatic heterocycles. The van der Waals surface area contributed by atoms with Gasteiger partial charge in [0.15, 0.2) is 11.6 Å². The Bertz CT molecular complexity index is 1630. The molecule has 0 unspecified atom stereocenters. The molecule has 0 aromatic heterocycles. The van der Waals surface area contributed by atoms with Crippen LogP contribution in [0.2, 0.25) is 5.02 Å². The summed E-state index contributed by atoms with van der Waals surface area (Å²) in [4.78, 5) is 27.1. The quantitative estimate of drug-likeness (QED) is 0.295. The number of ether oxygens (including phenoxy) is 1. The molecule has 5 nitrogen and oxygen atoms in total. The third-order valence-corrected chi connectivity index (χ3v) is 7.57. The number of nitrogens with one attached hydrogen (secondary N) is 2. The van der Waals surface area contributed by atoms with Crippen molar-refractivity contribution in [3.8, 4) is 11.5 Å². The van der Waals surface area contributed by atoms with Gasteiger partial charge in [-0.05, 0) is 77.4 Å². The summed E-state index contributed by atoms with van der Waals surface area (Å²) in [7, 11) is 0. The summed E-state index contributed by atoms with van der Waals surface area (Å²) < 4.78 is 48.3. The largest absolute Gasteiger partial charge is 0.454 e. The van der Waals surface area contributed by atoms with Crippen LogP contribution in [0.1, 0.15) is 35.1 Å². The van der Waals surface area contributed by atoms with E-state index < -0.39 is 40.7 Å². The minimum atomic E-state index is -1.42. The van der Waals surface area contributed by atoms with E-state index >= 15 is 0 Å². The molecule has 1 spiro atoms. The average Bonchev–Trinajstić information content (AvgIpc) is 3.18. The molecule has 0 bridgehead atoms. The number of benzene rings is 4. The molecule has 196 valence electrons. The van der Waals surface area contributed by atoms with E-state index in [1.807, 2.05) is 0 Å². The fraction of sp³-hybridized carbons (Fsp3) is 0.133. The first-order valence-corrected chi connectivity index (χ1v) is 12.5. The smallest absolute Gasteiger partial charge is 0.238 e. The first-order chi connectivity index (χ1) is 18.8. The van der Waals surface area contributed by atoms with Crippen molar-refractivity contribution >= 4 is 29.1 Å². The molecule has 2 N–H and O–H groups in total. The highest BCUT2D eigenvalue weighted by atomic mass is 35.5. The number of hydrogen-bond acceptors (Lipinski definition) is 3. The number of hydrogen-bond donors (Lipinski definition) is 2. The molecule has 3 atom stereocenters. The van der Waals surface area contributed by atoms with Crippen LogP contribution in [0.4, 0.5) is 18.9 Å². The molecule has 2 amide bonds. The van der Waals surface area contributed by atoms with Crippen molar-refractivity contribution in [2.45, 2.75) is 23.8 Å². The van der Waals surface area contributed by atoms with Crippen LogP contribution in [0.25, 0.3) is 0 Å². The number of halogens is 4. The second-order valence-electron chi connectivity index (χ2n) is 9.57. The van der Waals surface area contributed by atoms with Crippen molar-refractivity contribution in [2.24, 2.45) is 0 Å². The molecule has 39 heavy (non-hydrogen) atoms. The molecule has 2 heterocycles. The van der Waals surface area contributed by atoms with Gasteiger partial charge in [0, 0.05) is 23.0 Å². The Balaban J connectivity index is 1.54. The van der Waals surface area contributed by atoms with Crippen molar-refractivity contribution in [1.29, 1.82) is 0 Å². The number of piperidine rings is 1. The molecule has 0 aliphatic carbocycles. The molecule has 6 rings (SSSR count). The van der Waals surface area contributed by atoms with Gasteiger partial charge >= 0.3 is 0 Å². The zero-order chi connectivity index (χ0) is 27.3. The number of carbonyl (C=O) groups is 2. The van der Waals surface area contributed by atoms with Gasteiger partial charge in [-0.25, -0.2) is 13.2 Å². The second kappa shape index (κ2) is 9.47. The third kappa shape index (κ3) is 4.21. The zero-order valence-corrected chi connectivity index (χ0v) is 20.9. The second-order valence-corrected chi connectivity index (χ2v) is 10.0. The molecule has 4 aromatic carbocycles. The van der Waals surface area contributed by atoms with Crippen molar-refractivity contribution in [3.63, 3.8) is 0 Å². The Hall–Kier alpha value is -4.30. The van der Waals surface area contributed by atoms with Crippen LogP contribution in [0, 0.1) is 17.5 Å². The van der Waals surface area contributed by atoms with E-state index in [1.165, 1.54) is 60.7 Å². The maximum absolute atomic E-state index is 14.9. The normalized spacial score (nSPS) is 21.8. The highest BCUT2D eigenvalue weighted by Gasteiger charge is 2.61. The molecule has 1 saturated heterocycles. The standard InChI is InChI=1S/C30H20ClF3N2O3/c31-18-5-10-22-25(14-18)35-29(38)30(22)23(16-2-1-3-20(33)12-16)15-27(37)36-28(30)17-4-11-24(34)26(13-17)39-21-8-6-19(32)7-9-21/h1-14,23,28H,15H2,(H,35,38)(H,36,37)/t23-,28+,30-/m0/s1. The minimum absolute atomic E-state index is 0.0877. The van der Waals surface area contributed by atoms with Crippen molar-refractivity contribution in [1.82, 2.24) is 5.32 Å².